The minimum Gasteiger partial charge on any atom is -0.483 e. The van der Waals surface area contributed by atoms with Crippen molar-refractivity contribution in [3.8, 4) is 5.75 Å². The van der Waals surface area contributed by atoms with Gasteiger partial charge in [-0.25, -0.2) is 0 Å². The van der Waals surface area contributed by atoms with E-state index < -0.39 is 11.8 Å². The van der Waals surface area contributed by atoms with Crippen LogP contribution in [0.5, 0.6) is 5.75 Å². The molecule has 8 heteroatoms. The van der Waals surface area contributed by atoms with Gasteiger partial charge in [0.2, 0.25) is 11.8 Å². The van der Waals surface area contributed by atoms with Crippen LogP contribution in [0.2, 0.25) is 0 Å². The smallest absolute Gasteiger partial charge is 0.276 e. The molecule has 0 aliphatic carbocycles. The third-order valence-corrected chi connectivity index (χ3v) is 5.12. The Kier molecular flexibility index (Phi) is 6.87. The highest BCUT2D eigenvalue weighted by atomic mass is 79.9. The molecule has 1 aliphatic heterocycles. The maximum atomic E-state index is 12.3. The minimum atomic E-state index is -0.499. The van der Waals surface area contributed by atoms with E-state index in [-0.39, 0.29) is 24.8 Å². The van der Waals surface area contributed by atoms with Crippen molar-refractivity contribution < 1.29 is 19.1 Å². The number of ether oxygens (including phenoxy) is 1. The third-order valence-electron chi connectivity index (χ3n) is 4.62. The second kappa shape index (κ2) is 9.56. The molecule has 0 radical (unpaired) electrons. The summed E-state index contributed by atoms with van der Waals surface area (Å²) in [4.78, 5) is 38.1. The van der Waals surface area contributed by atoms with Gasteiger partial charge < -0.3 is 9.64 Å². The molecule has 0 saturated carbocycles. The van der Waals surface area contributed by atoms with Gasteiger partial charge in [0.15, 0.2) is 6.61 Å². The SMILES string of the molecule is Cc1cc(Br)ccc1OCC(=O)NNC(=O)C1CC(=O)N(Cc2ccccc2)C1. The molecule has 29 heavy (non-hydrogen) atoms. The molecule has 2 aromatic rings. The molecule has 2 aromatic carbocycles. The molecule has 1 unspecified atom stereocenters. The Bertz CT molecular complexity index is 904. The van der Waals surface area contributed by atoms with Crippen LogP contribution in [0.1, 0.15) is 17.5 Å². The van der Waals surface area contributed by atoms with E-state index in [1.807, 2.05) is 49.4 Å². The molecule has 3 rings (SSSR count). The average molecular weight is 460 g/mol. The number of halogens is 1. The number of benzene rings is 2. The van der Waals surface area contributed by atoms with Crippen LogP contribution in [0.15, 0.2) is 53.0 Å². The van der Waals surface area contributed by atoms with E-state index in [0.717, 1.165) is 15.6 Å². The lowest BCUT2D eigenvalue weighted by Gasteiger charge is -2.17. The second-order valence-electron chi connectivity index (χ2n) is 6.90. The molecule has 2 N–H and O–H groups in total. The van der Waals surface area contributed by atoms with Crippen molar-refractivity contribution in [2.24, 2.45) is 5.92 Å². The van der Waals surface area contributed by atoms with Gasteiger partial charge in [-0.15, -0.1) is 0 Å². The fourth-order valence-electron chi connectivity index (χ4n) is 3.09. The van der Waals surface area contributed by atoms with Crippen molar-refractivity contribution in [1.82, 2.24) is 15.8 Å². The van der Waals surface area contributed by atoms with Crippen LogP contribution in [0.3, 0.4) is 0 Å². The number of aryl methyl sites for hydroxylation is 1. The minimum absolute atomic E-state index is 0.0747. The highest BCUT2D eigenvalue weighted by Crippen LogP contribution is 2.22. The zero-order chi connectivity index (χ0) is 20.8. The standard InChI is InChI=1S/C21H22BrN3O4/c1-14-9-17(22)7-8-18(14)29-13-19(26)23-24-21(28)16-10-20(27)25(12-16)11-15-5-3-2-4-6-15/h2-9,16H,10-13H2,1H3,(H,23,26)(H,24,28). The van der Waals surface area contributed by atoms with E-state index in [9.17, 15) is 14.4 Å². The number of hydrazine groups is 1. The van der Waals surface area contributed by atoms with Crippen molar-refractivity contribution in [2.75, 3.05) is 13.2 Å². The molecule has 1 saturated heterocycles. The Balaban J connectivity index is 1.43. The summed E-state index contributed by atoms with van der Waals surface area (Å²) in [6, 6.07) is 15.1. The number of hydrogen-bond acceptors (Lipinski definition) is 4. The first-order chi connectivity index (χ1) is 13.9. The largest absolute Gasteiger partial charge is 0.483 e. The lowest BCUT2D eigenvalue weighted by molar-refractivity contribution is -0.132. The Morgan fingerprint density at radius 1 is 1.17 bits per heavy atom. The molecular formula is C21H22BrN3O4. The molecule has 1 heterocycles. The normalized spacial score (nSPS) is 15.9. The summed E-state index contributed by atoms with van der Waals surface area (Å²) in [6.07, 6.45) is 0.128. The predicted octanol–water partition coefficient (Wildman–Crippen LogP) is 2.33. The Morgan fingerprint density at radius 3 is 2.66 bits per heavy atom. The lowest BCUT2D eigenvalue weighted by atomic mass is 10.1. The quantitative estimate of drug-likeness (QED) is 0.648. The van der Waals surface area contributed by atoms with Gasteiger partial charge in [-0.05, 0) is 36.2 Å². The molecule has 0 bridgehead atoms. The summed E-state index contributed by atoms with van der Waals surface area (Å²) in [7, 11) is 0. The molecule has 1 aliphatic rings. The number of nitrogens with zero attached hydrogens (tertiary/aromatic N) is 1. The molecule has 1 atom stereocenters. The van der Waals surface area contributed by atoms with E-state index in [1.54, 1.807) is 11.0 Å². The summed E-state index contributed by atoms with van der Waals surface area (Å²) in [5.41, 5.74) is 6.62. The Labute approximate surface area is 177 Å². The molecule has 0 spiro atoms. The number of likely N-dealkylation sites (tertiary alicyclic amines) is 1. The second-order valence-corrected chi connectivity index (χ2v) is 7.81. The van der Waals surface area contributed by atoms with Gasteiger partial charge in [0.25, 0.3) is 5.91 Å². The van der Waals surface area contributed by atoms with Gasteiger partial charge in [-0.1, -0.05) is 46.3 Å². The van der Waals surface area contributed by atoms with Gasteiger partial charge >= 0.3 is 0 Å². The van der Waals surface area contributed by atoms with Crippen molar-refractivity contribution in [1.29, 1.82) is 0 Å². The fourth-order valence-corrected chi connectivity index (χ4v) is 3.57. The van der Waals surface area contributed by atoms with Crippen molar-refractivity contribution in [2.45, 2.75) is 19.9 Å². The van der Waals surface area contributed by atoms with Gasteiger partial charge in [0.05, 0.1) is 5.92 Å². The monoisotopic (exact) mass is 459 g/mol. The van der Waals surface area contributed by atoms with E-state index in [1.165, 1.54) is 0 Å². The van der Waals surface area contributed by atoms with Crippen molar-refractivity contribution in [3.63, 3.8) is 0 Å². The first-order valence-electron chi connectivity index (χ1n) is 9.21. The zero-order valence-corrected chi connectivity index (χ0v) is 17.6. The molecule has 7 nitrogen and oxygen atoms in total. The number of amides is 3. The lowest BCUT2D eigenvalue weighted by Crippen LogP contribution is -2.46. The zero-order valence-electron chi connectivity index (χ0n) is 16.0. The maximum Gasteiger partial charge on any atom is 0.276 e. The van der Waals surface area contributed by atoms with Crippen LogP contribution in [-0.4, -0.2) is 35.8 Å². The van der Waals surface area contributed by atoms with Gasteiger partial charge in [-0.2, -0.15) is 0 Å². The van der Waals surface area contributed by atoms with Crippen LogP contribution in [-0.2, 0) is 20.9 Å². The predicted molar refractivity (Wildman–Crippen MR) is 111 cm³/mol. The Morgan fingerprint density at radius 2 is 1.93 bits per heavy atom. The Hall–Kier alpha value is -2.87. The molecule has 1 fully saturated rings. The van der Waals surface area contributed by atoms with Gasteiger partial charge in [-0.3, -0.25) is 25.2 Å². The van der Waals surface area contributed by atoms with Crippen molar-refractivity contribution >= 4 is 33.7 Å². The molecule has 0 aromatic heterocycles. The summed E-state index contributed by atoms with van der Waals surface area (Å²) in [6.45, 7) is 2.44. The van der Waals surface area contributed by atoms with Crippen LogP contribution < -0.4 is 15.6 Å². The number of nitrogens with one attached hydrogen (secondary N) is 2. The summed E-state index contributed by atoms with van der Waals surface area (Å²) >= 11 is 3.37. The van der Waals surface area contributed by atoms with Crippen LogP contribution in [0, 0.1) is 12.8 Å². The fraction of sp³-hybridized carbons (Fsp3) is 0.286. The first-order valence-corrected chi connectivity index (χ1v) is 10.0. The van der Waals surface area contributed by atoms with E-state index in [2.05, 4.69) is 26.8 Å². The number of rotatable bonds is 6. The van der Waals surface area contributed by atoms with E-state index in [0.29, 0.717) is 18.8 Å². The van der Waals surface area contributed by atoms with E-state index in [4.69, 9.17) is 4.74 Å². The summed E-state index contributed by atoms with van der Waals surface area (Å²) in [5.74, 6) is -0.851. The van der Waals surface area contributed by atoms with Gasteiger partial charge in [0.1, 0.15) is 5.75 Å². The van der Waals surface area contributed by atoms with Crippen LogP contribution in [0.4, 0.5) is 0 Å². The molecular weight excluding hydrogens is 438 g/mol. The maximum absolute atomic E-state index is 12.3. The highest BCUT2D eigenvalue weighted by molar-refractivity contribution is 9.10. The molecule has 3 amide bonds. The first kappa shape index (κ1) is 20.9. The number of hydrogen-bond donors (Lipinski definition) is 2. The van der Waals surface area contributed by atoms with Gasteiger partial charge in [0, 0.05) is 24.0 Å². The van der Waals surface area contributed by atoms with Crippen LogP contribution >= 0.6 is 15.9 Å². The molecule has 152 valence electrons. The van der Waals surface area contributed by atoms with Crippen molar-refractivity contribution in [3.05, 3.63) is 64.1 Å². The number of carbonyl (C=O) groups excluding carboxylic acids is 3. The van der Waals surface area contributed by atoms with E-state index >= 15 is 0 Å². The van der Waals surface area contributed by atoms with Crippen LogP contribution in [0.25, 0.3) is 0 Å². The number of carbonyl (C=O) groups is 3. The third kappa shape index (κ3) is 5.80. The topological polar surface area (TPSA) is 87.7 Å². The highest BCUT2D eigenvalue weighted by Gasteiger charge is 2.34. The average Bonchev–Trinajstić information content (AvgIpc) is 3.06. The summed E-state index contributed by atoms with van der Waals surface area (Å²) in [5, 5.41) is 0. The summed E-state index contributed by atoms with van der Waals surface area (Å²) < 4.78 is 6.39.